The van der Waals surface area contributed by atoms with Crippen molar-refractivity contribution in [2.45, 2.75) is 30.0 Å². The standard InChI is InChI=1S/C13H18F2N2O2S/c1-9-6-7-17(8-12(9)16)10-2-4-11(5-3-10)20(18,19)13(14)15/h2-5,9,12-13H,6-8,16H2,1H3. The van der Waals surface area contributed by atoms with E-state index in [-0.39, 0.29) is 10.9 Å². The van der Waals surface area contributed by atoms with Crippen LogP contribution in [0.1, 0.15) is 13.3 Å². The van der Waals surface area contributed by atoms with E-state index in [1.165, 1.54) is 12.1 Å². The Morgan fingerprint density at radius 1 is 1.30 bits per heavy atom. The second-order valence-corrected chi connectivity index (χ2v) is 7.09. The second-order valence-electron chi connectivity index (χ2n) is 5.18. The van der Waals surface area contributed by atoms with Crippen molar-refractivity contribution in [3.8, 4) is 0 Å². The first kappa shape index (κ1) is 15.2. The Morgan fingerprint density at radius 3 is 2.40 bits per heavy atom. The second kappa shape index (κ2) is 5.65. The molecule has 2 N–H and O–H groups in total. The summed E-state index contributed by atoms with van der Waals surface area (Å²) in [5.41, 5.74) is 6.81. The number of benzene rings is 1. The zero-order valence-electron chi connectivity index (χ0n) is 11.2. The topological polar surface area (TPSA) is 63.4 Å². The first-order valence-electron chi connectivity index (χ1n) is 6.45. The number of hydrogen-bond donors (Lipinski definition) is 1. The molecule has 0 aromatic heterocycles. The summed E-state index contributed by atoms with van der Waals surface area (Å²) < 4.78 is 47.5. The molecule has 7 heteroatoms. The van der Waals surface area contributed by atoms with Crippen LogP contribution in [0.25, 0.3) is 0 Å². The van der Waals surface area contributed by atoms with E-state index in [1.54, 1.807) is 12.1 Å². The fourth-order valence-electron chi connectivity index (χ4n) is 2.28. The van der Waals surface area contributed by atoms with E-state index in [0.717, 1.165) is 18.7 Å². The lowest BCUT2D eigenvalue weighted by Crippen LogP contribution is -2.47. The maximum atomic E-state index is 12.4. The largest absolute Gasteiger partial charge is 0.370 e. The van der Waals surface area contributed by atoms with E-state index in [1.807, 2.05) is 4.90 Å². The molecule has 112 valence electrons. The quantitative estimate of drug-likeness (QED) is 0.926. The van der Waals surface area contributed by atoms with Crippen molar-refractivity contribution in [1.82, 2.24) is 0 Å². The van der Waals surface area contributed by atoms with E-state index in [2.05, 4.69) is 6.92 Å². The van der Waals surface area contributed by atoms with Gasteiger partial charge in [-0.1, -0.05) is 6.92 Å². The number of halogens is 2. The number of anilines is 1. The third-order valence-corrected chi connectivity index (χ3v) is 5.18. The van der Waals surface area contributed by atoms with Gasteiger partial charge in [-0.3, -0.25) is 0 Å². The van der Waals surface area contributed by atoms with Crippen LogP contribution in [-0.4, -0.2) is 33.3 Å². The van der Waals surface area contributed by atoms with Crippen molar-refractivity contribution < 1.29 is 17.2 Å². The van der Waals surface area contributed by atoms with Crippen molar-refractivity contribution in [2.75, 3.05) is 18.0 Å². The Morgan fingerprint density at radius 2 is 1.90 bits per heavy atom. The number of nitrogens with zero attached hydrogens (tertiary/aromatic N) is 1. The molecule has 1 heterocycles. The summed E-state index contributed by atoms with van der Waals surface area (Å²) in [5, 5.41) is 0. The predicted octanol–water partition coefficient (Wildman–Crippen LogP) is 1.86. The summed E-state index contributed by atoms with van der Waals surface area (Å²) in [6.07, 6.45) is 0.957. The first-order chi connectivity index (χ1) is 9.32. The fourth-order valence-corrected chi connectivity index (χ4v) is 3.00. The molecule has 2 rings (SSSR count). The molecule has 1 aromatic rings. The average Bonchev–Trinajstić information content (AvgIpc) is 2.42. The van der Waals surface area contributed by atoms with Gasteiger partial charge in [-0.25, -0.2) is 8.42 Å². The molecular formula is C13H18F2N2O2S. The van der Waals surface area contributed by atoms with Crippen molar-refractivity contribution >= 4 is 15.5 Å². The van der Waals surface area contributed by atoms with Gasteiger partial charge in [-0.2, -0.15) is 8.78 Å². The van der Waals surface area contributed by atoms with Crippen molar-refractivity contribution in [1.29, 1.82) is 0 Å². The van der Waals surface area contributed by atoms with Crippen LogP contribution in [0.4, 0.5) is 14.5 Å². The Hall–Kier alpha value is -1.21. The van der Waals surface area contributed by atoms with Gasteiger partial charge in [0.25, 0.3) is 0 Å². The summed E-state index contributed by atoms with van der Waals surface area (Å²) in [6, 6.07) is 5.62. The molecule has 1 aromatic carbocycles. The maximum absolute atomic E-state index is 12.4. The molecule has 0 radical (unpaired) electrons. The molecule has 0 amide bonds. The fraction of sp³-hybridized carbons (Fsp3) is 0.538. The highest BCUT2D eigenvalue weighted by Gasteiger charge is 2.27. The summed E-state index contributed by atoms with van der Waals surface area (Å²) in [5.74, 6) is -2.94. The van der Waals surface area contributed by atoms with Crippen LogP contribution in [0.3, 0.4) is 0 Å². The zero-order chi connectivity index (χ0) is 14.9. The van der Waals surface area contributed by atoms with Gasteiger partial charge in [0.2, 0.25) is 9.84 Å². The maximum Gasteiger partial charge on any atom is 0.341 e. The third-order valence-electron chi connectivity index (χ3n) is 3.78. The number of sulfone groups is 1. The molecule has 2 atom stereocenters. The van der Waals surface area contributed by atoms with Gasteiger partial charge in [0.15, 0.2) is 0 Å². The van der Waals surface area contributed by atoms with Crippen LogP contribution < -0.4 is 10.6 Å². The normalized spacial score (nSPS) is 24.1. The van der Waals surface area contributed by atoms with Gasteiger partial charge in [0.1, 0.15) is 0 Å². The predicted molar refractivity (Wildman–Crippen MR) is 73.6 cm³/mol. The molecule has 0 bridgehead atoms. The first-order valence-corrected chi connectivity index (χ1v) is 7.99. The van der Waals surface area contributed by atoms with Crippen LogP contribution in [0.2, 0.25) is 0 Å². The van der Waals surface area contributed by atoms with Gasteiger partial charge in [0, 0.05) is 24.8 Å². The molecule has 1 aliphatic heterocycles. The molecule has 20 heavy (non-hydrogen) atoms. The monoisotopic (exact) mass is 304 g/mol. The van der Waals surface area contributed by atoms with E-state index < -0.39 is 15.6 Å². The molecule has 0 spiro atoms. The molecule has 1 saturated heterocycles. The molecule has 0 aliphatic carbocycles. The van der Waals surface area contributed by atoms with Gasteiger partial charge >= 0.3 is 5.76 Å². The lowest BCUT2D eigenvalue weighted by atomic mass is 9.94. The molecule has 4 nitrogen and oxygen atoms in total. The third kappa shape index (κ3) is 2.93. The highest BCUT2D eigenvalue weighted by molar-refractivity contribution is 7.91. The van der Waals surface area contributed by atoms with Crippen molar-refractivity contribution in [3.63, 3.8) is 0 Å². The minimum Gasteiger partial charge on any atom is -0.370 e. The van der Waals surface area contributed by atoms with E-state index in [0.29, 0.717) is 12.5 Å². The molecule has 1 fully saturated rings. The van der Waals surface area contributed by atoms with Gasteiger partial charge in [-0.05, 0) is 36.6 Å². The average molecular weight is 304 g/mol. The lowest BCUT2D eigenvalue weighted by Gasteiger charge is -2.36. The number of nitrogens with two attached hydrogens (primary N) is 1. The van der Waals surface area contributed by atoms with Gasteiger partial charge in [-0.15, -0.1) is 0 Å². The smallest absolute Gasteiger partial charge is 0.341 e. The highest BCUT2D eigenvalue weighted by Crippen LogP contribution is 2.25. The van der Waals surface area contributed by atoms with Gasteiger partial charge in [0.05, 0.1) is 4.90 Å². The van der Waals surface area contributed by atoms with Crippen LogP contribution in [-0.2, 0) is 9.84 Å². The zero-order valence-corrected chi connectivity index (χ0v) is 12.0. The highest BCUT2D eigenvalue weighted by atomic mass is 32.2. The molecule has 1 aliphatic rings. The van der Waals surface area contributed by atoms with E-state index in [9.17, 15) is 17.2 Å². The van der Waals surface area contributed by atoms with E-state index >= 15 is 0 Å². The Labute approximate surface area is 117 Å². The number of piperidine rings is 1. The summed E-state index contributed by atoms with van der Waals surface area (Å²) in [7, 11) is -4.52. The van der Waals surface area contributed by atoms with Gasteiger partial charge < -0.3 is 10.6 Å². The lowest BCUT2D eigenvalue weighted by molar-refractivity contribution is 0.234. The molecule has 2 unspecified atom stereocenters. The van der Waals surface area contributed by atoms with Crippen molar-refractivity contribution in [3.05, 3.63) is 24.3 Å². The van der Waals surface area contributed by atoms with Crippen LogP contribution in [0.15, 0.2) is 29.2 Å². The van der Waals surface area contributed by atoms with Crippen molar-refractivity contribution in [2.24, 2.45) is 11.7 Å². The van der Waals surface area contributed by atoms with Crippen LogP contribution in [0.5, 0.6) is 0 Å². The molecular weight excluding hydrogens is 286 g/mol. The SMILES string of the molecule is CC1CCN(c2ccc(S(=O)(=O)C(F)F)cc2)CC1N. The minimum atomic E-state index is -4.52. The number of hydrogen-bond acceptors (Lipinski definition) is 4. The van der Waals surface area contributed by atoms with E-state index in [4.69, 9.17) is 5.73 Å². The van der Waals surface area contributed by atoms with Crippen LogP contribution in [0, 0.1) is 5.92 Å². The summed E-state index contributed by atoms with van der Waals surface area (Å²) >= 11 is 0. The minimum absolute atomic E-state index is 0.0632. The molecule has 0 saturated carbocycles. The Balaban J connectivity index is 2.17. The van der Waals surface area contributed by atoms with Crippen LogP contribution >= 0.6 is 0 Å². The Kier molecular flexibility index (Phi) is 4.29. The number of rotatable bonds is 3. The summed E-state index contributed by atoms with van der Waals surface area (Å²) in [4.78, 5) is 1.69. The number of alkyl halides is 2. The summed E-state index contributed by atoms with van der Waals surface area (Å²) in [6.45, 7) is 3.61. The Bertz CT molecular complexity index is 560.